The fraction of sp³-hybridized carbons (Fsp3) is 0.429. The molecule has 23 heavy (non-hydrogen) atoms. The summed E-state index contributed by atoms with van der Waals surface area (Å²) < 4.78 is 30.8. The number of hydrazone groups is 1. The minimum absolute atomic E-state index is 0.144. The zero-order valence-electron chi connectivity index (χ0n) is 12.1. The Morgan fingerprint density at radius 3 is 2.83 bits per heavy atom. The molecule has 1 aliphatic rings. The lowest BCUT2D eigenvalue weighted by molar-refractivity contribution is -0.121. The van der Waals surface area contributed by atoms with Gasteiger partial charge in [-0.05, 0) is 12.1 Å². The molecule has 1 aliphatic heterocycles. The van der Waals surface area contributed by atoms with Crippen molar-refractivity contribution in [1.29, 1.82) is 0 Å². The number of rotatable bonds is 5. The molecule has 9 heteroatoms. The third-order valence-electron chi connectivity index (χ3n) is 3.29. The minimum atomic E-state index is -3.41. The highest BCUT2D eigenvalue weighted by Crippen LogP contribution is 2.38. The molecule has 0 radical (unpaired) electrons. The van der Waals surface area contributed by atoms with Crippen molar-refractivity contribution in [3.63, 3.8) is 0 Å². The molecule has 0 aliphatic carbocycles. The van der Waals surface area contributed by atoms with Crippen LogP contribution in [0.25, 0.3) is 0 Å². The lowest BCUT2D eigenvalue weighted by Crippen LogP contribution is -2.32. The number of aromatic hydroxyl groups is 1. The van der Waals surface area contributed by atoms with E-state index in [9.17, 15) is 18.7 Å². The number of hydrogen-bond acceptors (Lipinski definition) is 5. The van der Waals surface area contributed by atoms with Crippen LogP contribution in [0.1, 0.15) is 18.9 Å². The van der Waals surface area contributed by atoms with Gasteiger partial charge < -0.3 is 14.9 Å². The predicted molar refractivity (Wildman–Crippen MR) is 79.1 cm³/mol. The largest absolute Gasteiger partial charge is 0.506 e. The van der Waals surface area contributed by atoms with Crippen molar-refractivity contribution in [2.24, 2.45) is 11.0 Å². The number of amides is 1. The van der Waals surface area contributed by atoms with Crippen LogP contribution >= 0.6 is 11.6 Å². The first kappa shape index (κ1) is 17.4. The number of benzene rings is 1. The summed E-state index contributed by atoms with van der Waals surface area (Å²) in [6, 6.07) is 2.73. The monoisotopic (exact) mass is 348 g/mol. The molecule has 1 unspecified atom stereocenters. The molecular formula is C14H15ClF2N2O4. The van der Waals surface area contributed by atoms with Crippen LogP contribution in [0.4, 0.5) is 8.78 Å². The van der Waals surface area contributed by atoms with Gasteiger partial charge in [-0.2, -0.15) is 5.10 Å². The second kappa shape index (κ2) is 6.67. The maximum absolute atomic E-state index is 13.0. The average Bonchev–Trinajstić information content (AvgIpc) is 2.50. The van der Waals surface area contributed by atoms with Crippen LogP contribution in [0, 0.1) is 5.92 Å². The molecule has 0 fully saturated rings. The number of halogens is 3. The van der Waals surface area contributed by atoms with Gasteiger partial charge in [0.05, 0.1) is 5.71 Å². The standard InChI is InChI=1S/C14H15ClF2N2O4/c1-7-4-10(21)18-19-12(7)8-2-3-9(11(15)13(8)22)23-6-14(16,17)5-20/h2-3,7,20,22H,4-6H2,1H3,(H,18,21). The second-order valence-electron chi connectivity index (χ2n) is 5.21. The third-order valence-corrected chi connectivity index (χ3v) is 3.65. The number of hydrogen-bond donors (Lipinski definition) is 3. The zero-order valence-corrected chi connectivity index (χ0v) is 12.9. The van der Waals surface area contributed by atoms with E-state index in [2.05, 4.69) is 10.5 Å². The maximum Gasteiger partial charge on any atom is 0.303 e. The Labute approximate surface area is 135 Å². The molecule has 0 saturated heterocycles. The van der Waals surface area contributed by atoms with Crippen LogP contribution in [0.2, 0.25) is 5.02 Å². The first-order chi connectivity index (χ1) is 10.7. The van der Waals surface area contributed by atoms with Crippen LogP contribution in [-0.2, 0) is 4.79 Å². The Kier molecular flexibility index (Phi) is 5.06. The van der Waals surface area contributed by atoms with Crippen LogP contribution in [-0.4, -0.2) is 41.0 Å². The van der Waals surface area contributed by atoms with E-state index in [0.29, 0.717) is 5.71 Å². The Morgan fingerprint density at radius 1 is 1.52 bits per heavy atom. The molecule has 1 atom stereocenters. The number of carbonyl (C=O) groups excluding carboxylic acids is 1. The Hall–Kier alpha value is -1.93. The number of ether oxygens (including phenoxy) is 1. The maximum atomic E-state index is 13.0. The van der Waals surface area contributed by atoms with Crippen molar-refractivity contribution < 1.29 is 28.5 Å². The third kappa shape index (κ3) is 3.89. The second-order valence-corrected chi connectivity index (χ2v) is 5.59. The van der Waals surface area contributed by atoms with E-state index in [1.54, 1.807) is 6.92 Å². The first-order valence-electron chi connectivity index (χ1n) is 6.75. The molecule has 2 rings (SSSR count). The van der Waals surface area contributed by atoms with E-state index < -0.39 is 19.1 Å². The van der Waals surface area contributed by atoms with Crippen molar-refractivity contribution in [3.05, 3.63) is 22.7 Å². The van der Waals surface area contributed by atoms with Gasteiger partial charge in [0.2, 0.25) is 5.91 Å². The summed E-state index contributed by atoms with van der Waals surface area (Å²) in [5, 5.41) is 22.3. The molecule has 1 amide bonds. The molecule has 0 bridgehead atoms. The number of carbonyl (C=O) groups is 1. The fourth-order valence-corrected chi connectivity index (χ4v) is 2.29. The molecule has 0 spiro atoms. The first-order valence-corrected chi connectivity index (χ1v) is 7.12. The molecule has 1 aromatic carbocycles. The highest BCUT2D eigenvalue weighted by atomic mass is 35.5. The summed E-state index contributed by atoms with van der Waals surface area (Å²) in [6.07, 6.45) is 0.205. The van der Waals surface area contributed by atoms with Gasteiger partial charge in [0.15, 0.2) is 6.61 Å². The van der Waals surface area contributed by atoms with Gasteiger partial charge >= 0.3 is 5.92 Å². The number of nitrogens with one attached hydrogen (secondary N) is 1. The van der Waals surface area contributed by atoms with E-state index in [1.807, 2.05) is 0 Å². The van der Waals surface area contributed by atoms with E-state index in [0.717, 1.165) is 0 Å². The summed E-state index contributed by atoms with van der Waals surface area (Å²) >= 11 is 5.94. The highest BCUT2D eigenvalue weighted by molar-refractivity contribution is 6.34. The SMILES string of the molecule is CC1CC(=O)NN=C1c1ccc(OCC(F)(F)CO)c(Cl)c1O. The molecule has 1 aromatic rings. The summed E-state index contributed by atoms with van der Waals surface area (Å²) in [4.78, 5) is 11.2. The van der Waals surface area contributed by atoms with Crippen LogP contribution in [0.5, 0.6) is 11.5 Å². The Morgan fingerprint density at radius 2 is 2.22 bits per heavy atom. The molecular weight excluding hydrogens is 334 g/mol. The number of aliphatic hydroxyl groups excluding tert-OH is 1. The van der Waals surface area contributed by atoms with Gasteiger partial charge in [0.1, 0.15) is 23.1 Å². The smallest absolute Gasteiger partial charge is 0.303 e. The molecule has 0 aromatic heterocycles. The van der Waals surface area contributed by atoms with Crippen LogP contribution < -0.4 is 10.2 Å². The van der Waals surface area contributed by atoms with Crippen LogP contribution in [0.3, 0.4) is 0 Å². The molecule has 0 saturated carbocycles. The summed E-state index contributed by atoms with van der Waals surface area (Å²) in [5.41, 5.74) is 3.02. The van der Waals surface area contributed by atoms with Crippen molar-refractivity contribution in [1.82, 2.24) is 5.43 Å². The Bertz CT molecular complexity index is 652. The van der Waals surface area contributed by atoms with Gasteiger partial charge in [-0.15, -0.1) is 0 Å². The lowest BCUT2D eigenvalue weighted by Gasteiger charge is -2.21. The normalized spacial score (nSPS) is 18.4. The number of phenolic OH excluding ortho intramolecular Hbond substituents is 1. The van der Waals surface area contributed by atoms with Gasteiger partial charge in [0.25, 0.3) is 0 Å². The van der Waals surface area contributed by atoms with E-state index in [-0.39, 0.29) is 40.3 Å². The van der Waals surface area contributed by atoms with Crippen molar-refractivity contribution in [3.8, 4) is 11.5 Å². The van der Waals surface area contributed by atoms with Crippen LogP contribution in [0.15, 0.2) is 17.2 Å². The molecule has 1 heterocycles. The van der Waals surface area contributed by atoms with E-state index in [1.165, 1.54) is 12.1 Å². The lowest BCUT2D eigenvalue weighted by atomic mass is 9.93. The summed E-state index contributed by atoms with van der Waals surface area (Å²) in [6.45, 7) is -0.671. The number of alkyl halides is 2. The predicted octanol–water partition coefficient (Wildman–Crippen LogP) is 1.91. The van der Waals surface area contributed by atoms with E-state index in [4.69, 9.17) is 21.4 Å². The quantitative estimate of drug-likeness (QED) is 0.758. The topological polar surface area (TPSA) is 91.2 Å². The molecule has 6 nitrogen and oxygen atoms in total. The zero-order chi connectivity index (χ0) is 17.2. The van der Waals surface area contributed by atoms with Crippen molar-refractivity contribution in [2.45, 2.75) is 19.3 Å². The van der Waals surface area contributed by atoms with Crippen molar-refractivity contribution in [2.75, 3.05) is 13.2 Å². The molecule has 3 N–H and O–H groups in total. The fourth-order valence-electron chi connectivity index (χ4n) is 2.07. The minimum Gasteiger partial charge on any atom is -0.506 e. The van der Waals surface area contributed by atoms with Gasteiger partial charge in [-0.1, -0.05) is 18.5 Å². The average molecular weight is 349 g/mol. The van der Waals surface area contributed by atoms with E-state index >= 15 is 0 Å². The van der Waals surface area contributed by atoms with Gasteiger partial charge in [-0.25, -0.2) is 14.2 Å². The number of phenols is 1. The molecule has 126 valence electrons. The summed E-state index contributed by atoms with van der Waals surface area (Å²) in [5.74, 6) is -4.41. The highest BCUT2D eigenvalue weighted by Gasteiger charge is 2.30. The Balaban J connectivity index is 2.26. The van der Waals surface area contributed by atoms with Gasteiger partial charge in [0, 0.05) is 17.9 Å². The number of aliphatic hydroxyl groups is 1. The van der Waals surface area contributed by atoms with Crippen molar-refractivity contribution >= 4 is 23.2 Å². The van der Waals surface area contributed by atoms with Gasteiger partial charge in [-0.3, -0.25) is 4.79 Å². The summed E-state index contributed by atoms with van der Waals surface area (Å²) in [7, 11) is 0. The number of nitrogens with zero attached hydrogens (tertiary/aromatic N) is 1.